The summed E-state index contributed by atoms with van der Waals surface area (Å²) in [5.41, 5.74) is 2.19. The van der Waals surface area contributed by atoms with E-state index in [9.17, 15) is 0 Å². The highest BCUT2D eigenvalue weighted by atomic mass is 35.5. The number of benzene rings is 2. The van der Waals surface area contributed by atoms with Gasteiger partial charge in [0.25, 0.3) is 0 Å². The second kappa shape index (κ2) is 4.95. The van der Waals surface area contributed by atoms with Crippen LogP contribution < -0.4 is 0 Å². The summed E-state index contributed by atoms with van der Waals surface area (Å²) in [5.74, 6) is 0.959. The first-order valence-corrected chi connectivity index (χ1v) is 7.26. The van der Waals surface area contributed by atoms with E-state index in [1.165, 1.54) is 15.8 Å². The molecule has 1 aromatic heterocycles. The molecule has 0 saturated carbocycles. The number of hydrogen-bond acceptors (Lipinski definition) is 2. The largest absolute Gasteiger partial charge is 0.460 e. The van der Waals surface area contributed by atoms with Crippen LogP contribution in [0, 0.1) is 13.8 Å². The summed E-state index contributed by atoms with van der Waals surface area (Å²) in [4.78, 5) is 2.35. The zero-order chi connectivity index (χ0) is 13.4. The van der Waals surface area contributed by atoms with Gasteiger partial charge in [-0.05, 0) is 50.2 Å². The van der Waals surface area contributed by atoms with Crippen molar-refractivity contribution in [3.63, 3.8) is 0 Å². The lowest BCUT2D eigenvalue weighted by molar-refractivity contribution is 0.568. The van der Waals surface area contributed by atoms with E-state index in [0.717, 1.165) is 21.3 Å². The second-order valence-corrected chi connectivity index (χ2v) is 6.06. The van der Waals surface area contributed by atoms with Crippen LogP contribution >= 0.6 is 23.4 Å². The lowest BCUT2D eigenvalue weighted by Gasteiger charge is -2.01. The second-order valence-electron chi connectivity index (χ2n) is 4.54. The topological polar surface area (TPSA) is 13.1 Å². The van der Waals surface area contributed by atoms with Gasteiger partial charge in [0.1, 0.15) is 11.3 Å². The number of halogens is 1. The van der Waals surface area contributed by atoms with Crippen LogP contribution in [0.2, 0.25) is 5.02 Å². The molecule has 0 aliphatic rings. The molecule has 2 aromatic carbocycles. The smallest absolute Gasteiger partial charge is 0.135 e. The van der Waals surface area contributed by atoms with Crippen molar-refractivity contribution in [2.75, 3.05) is 0 Å². The SMILES string of the molecule is Cc1ccc2oc(C)c(Sc3ccc(Cl)cc3)c2c1. The Morgan fingerprint density at radius 1 is 1.00 bits per heavy atom. The number of furan rings is 1. The Bertz CT molecular complexity index is 728. The normalized spacial score (nSPS) is 11.1. The highest BCUT2D eigenvalue weighted by Gasteiger charge is 2.12. The molecule has 0 saturated heterocycles. The van der Waals surface area contributed by atoms with E-state index < -0.39 is 0 Å². The molecule has 0 amide bonds. The lowest BCUT2D eigenvalue weighted by atomic mass is 10.2. The van der Waals surface area contributed by atoms with Gasteiger partial charge in [-0.3, -0.25) is 0 Å². The fourth-order valence-corrected chi connectivity index (χ4v) is 3.15. The molecule has 0 radical (unpaired) electrons. The van der Waals surface area contributed by atoms with Gasteiger partial charge in [0.2, 0.25) is 0 Å². The predicted octanol–water partition coefficient (Wildman–Crippen LogP) is 5.85. The monoisotopic (exact) mass is 288 g/mol. The van der Waals surface area contributed by atoms with Gasteiger partial charge in [-0.2, -0.15) is 0 Å². The molecule has 1 heterocycles. The Labute approximate surface area is 121 Å². The van der Waals surface area contributed by atoms with Crippen LogP contribution in [0.15, 0.2) is 56.7 Å². The van der Waals surface area contributed by atoms with E-state index in [1.54, 1.807) is 11.8 Å². The van der Waals surface area contributed by atoms with Gasteiger partial charge in [-0.25, -0.2) is 0 Å². The Morgan fingerprint density at radius 2 is 1.74 bits per heavy atom. The van der Waals surface area contributed by atoms with Gasteiger partial charge in [0.05, 0.1) is 4.90 Å². The molecular weight excluding hydrogens is 276 g/mol. The maximum Gasteiger partial charge on any atom is 0.135 e. The van der Waals surface area contributed by atoms with Crippen molar-refractivity contribution in [2.24, 2.45) is 0 Å². The summed E-state index contributed by atoms with van der Waals surface area (Å²) < 4.78 is 5.80. The Kier molecular flexibility index (Phi) is 3.29. The van der Waals surface area contributed by atoms with Crippen molar-refractivity contribution < 1.29 is 4.42 Å². The van der Waals surface area contributed by atoms with Gasteiger partial charge in [-0.1, -0.05) is 35.0 Å². The summed E-state index contributed by atoms with van der Waals surface area (Å²) in [6, 6.07) is 14.2. The van der Waals surface area contributed by atoms with Gasteiger partial charge >= 0.3 is 0 Å². The number of rotatable bonds is 2. The zero-order valence-electron chi connectivity index (χ0n) is 10.7. The molecule has 0 fully saturated rings. The van der Waals surface area contributed by atoms with Gasteiger partial charge < -0.3 is 4.42 Å². The summed E-state index contributed by atoms with van der Waals surface area (Å²) in [6.45, 7) is 4.10. The molecule has 19 heavy (non-hydrogen) atoms. The number of aryl methyl sites for hydroxylation is 2. The van der Waals surface area contributed by atoms with Gasteiger partial charge in [-0.15, -0.1) is 0 Å². The highest BCUT2D eigenvalue weighted by molar-refractivity contribution is 7.99. The van der Waals surface area contributed by atoms with Crippen LogP contribution in [0.3, 0.4) is 0 Å². The van der Waals surface area contributed by atoms with E-state index in [4.69, 9.17) is 16.0 Å². The molecule has 3 aromatic rings. The zero-order valence-corrected chi connectivity index (χ0v) is 12.3. The molecule has 0 unspecified atom stereocenters. The van der Waals surface area contributed by atoms with E-state index >= 15 is 0 Å². The first-order valence-electron chi connectivity index (χ1n) is 6.06. The average molecular weight is 289 g/mol. The van der Waals surface area contributed by atoms with Crippen molar-refractivity contribution in [3.05, 3.63) is 58.8 Å². The molecule has 1 nitrogen and oxygen atoms in total. The molecule has 0 aliphatic carbocycles. The first kappa shape index (κ1) is 12.6. The van der Waals surface area contributed by atoms with Crippen molar-refractivity contribution in [3.8, 4) is 0 Å². The summed E-state index contributed by atoms with van der Waals surface area (Å²) in [5, 5.41) is 1.94. The molecule has 0 atom stereocenters. The first-order chi connectivity index (χ1) is 9.13. The molecule has 0 bridgehead atoms. The summed E-state index contributed by atoms with van der Waals surface area (Å²) >= 11 is 7.63. The van der Waals surface area contributed by atoms with Crippen molar-refractivity contribution >= 4 is 34.3 Å². The maximum atomic E-state index is 5.91. The van der Waals surface area contributed by atoms with Crippen LogP contribution in [0.25, 0.3) is 11.0 Å². The lowest BCUT2D eigenvalue weighted by Crippen LogP contribution is -1.76. The summed E-state index contributed by atoms with van der Waals surface area (Å²) in [7, 11) is 0. The fourth-order valence-electron chi connectivity index (χ4n) is 2.06. The highest BCUT2D eigenvalue weighted by Crippen LogP contribution is 2.38. The van der Waals surface area contributed by atoms with Crippen LogP contribution in [-0.2, 0) is 0 Å². The van der Waals surface area contributed by atoms with Crippen molar-refractivity contribution in [2.45, 2.75) is 23.6 Å². The van der Waals surface area contributed by atoms with Gasteiger partial charge in [0.15, 0.2) is 0 Å². The average Bonchev–Trinajstić information content (AvgIpc) is 2.69. The minimum absolute atomic E-state index is 0.758. The molecule has 3 heteroatoms. The molecule has 96 valence electrons. The van der Waals surface area contributed by atoms with E-state index in [0.29, 0.717) is 0 Å². The molecule has 0 spiro atoms. The van der Waals surface area contributed by atoms with E-state index in [1.807, 2.05) is 37.3 Å². The Morgan fingerprint density at radius 3 is 2.47 bits per heavy atom. The molecule has 0 aliphatic heterocycles. The van der Waals surface area contributed by atoms with Crippen LogP contribution in [0.5, 0.6) is 0 Å². The third kappa shape index (κ3) is 2.51. The molecule has 3 rings (SSSR count). The maximum absolute atomic E-state index is 5.91. The summed E-state index contributed by atoms with van der Waals surface area (Å²) in [6.07, 6.45) is 0. The molecule has 0 N–H and O–H groups in total. The van der Waals surface area contributed by atoms with Crippen molar-refractivity contribution in [1.82, 2.24) is 0 Å². The van der Waals surface area contributed by atoms with E-state index in [2.05, 4.69) is 19.1 Å². The van der Waals surface area contributed by atoms with Crippen LogP contribution in [-0.4, -0.2) is 0 Å². The van der Waals surface area contributed by atoms with Crippen LogP contribution in [0.4, 0.5) is 0 Å². The Hall–Kier alpha value is -1.38. The predicted molar refractivity (Wildman–Crippen MR) is 81.3 cm³/mol. The number of fused-ring (bicyclic) bond motifs is 1. The van der Waals surface area contributed by atoms with Crippen LogP contribution in [0.1, 0.15) is 11.3 Å². The van der Waals surface area contributed by atoms with Gasteiger partial charge in [0, 0.05) is 15.3 Å². The standard InChI is InChI=1S/C16H13ClOS/c1-10-3-8-15-14(9-10)16(11(2)18-15)19-13-6-4-12(17)5-7-13/h3-9H,1-2H3. The third-order valence-electron chi connectivity index (χ3n) is 3.00. The third-order valence-corrected chi connectivity index (χ3v) is 4.47. The minimum Gasteiger partial charge on any atom is -0.460 e. The van der Waals surface area contributed by atoms with E-state index in [-0.39, 0.29) is 0 Å². The minimum atomic E-state index is 0.758. The molecular formula is C16H13ClOS. The van der Waals surface area contributed by atoms with Crippen molar-refractivity contribution in [1.29, 1.82) is 0 Å². The Balaban J connectivity index is 2.06. The fraction of sp³-hybridized carbons (Fsp3) is 0.125. The quantitative estimate of drug-likeness (QED) is 0.586. The number of hydrogen-bond donors (Lipinski definition) is 0.